The standard InChI is InChI=1S/C25H21FN4O2/c1-17(18-10-4-2-5-11-18)28-25(32)21-16-27-30(19-12-6-3-7-13-19)23(21)29-24(31)20-14-8-9-15-22(20)26/h2-17H,1H3,(H,28,32)(H,29,31)/t17-/m0/s1. The molecule has 32 heavy (non-hydrogen) atoms. The van der Waals surface area contributed by atoms with Gasteiger partial charge < -0.3 is 10.6 Å². The molecular weight excluding hydrogens is 407 g/mol. The zero-order valence-electron chi connectivity index (χ0n) is 17.3. The van der Waals surface area contributed by atoms with Gasteiger partial charge in [0.05, 0.1) is 23.5 Å². The van der Waals surface area contributed by atoms with Crippen molar-refractivity contribution in [2.45, 2.75) is 13.0 Å². The largest absolute Gasteiger partial charge is 0.345 e. The van der Waals surface area contributed by atoms with Gasteiger partial charge >= 0.3 is 0 Å². The summed E-state index contributed by atoms with van der Waals surface area (Å²) in [4.78, 5) is 25.9. The molecule has 0 aliphatic carbocycles. The molecule has 4 rings (SSSR count). The second kappa shape index (κ2) is 9.26. The minimum Gasteiger partial charge on any atom is -0.345 e. The molecule has 0 aliphatic heterocycles. The minimum atomic E-state index is -0.675. The Morgan fingerprint density at radius 1 is 0.844 bits per heavy atom. The first kappa shape index (κ1) is 21.0. The fourth-order valence-electron chi connectivity index (χ4n) is 3.32. The first-order chi connectivity index (χ1) is 15.5. The van der Waals surface area contributed by atoms with Crippen molar-refractivity contribution < 1.29 is 14.0 Å². The number of amides is 2. The van der Waals surface area contributed by atoms with E-state index >= 15 is 0 Å². The van der Waals surface area contributed by atoms with Crippen molar-refractivity contribution in [1.29, 1.82) is 0 Å². The Hall–Kier alpha value is -4.26. The van der Waals surface area contributed by atoms with Crippen LogP contribution in [-0.2, 0) is 0 Å². The molecule has 0 fully saturated rings. The van der Waals surface area contributed by atoms with E-state index < -0.39 is 17.6 Å². The van der Waals surface area contributed by atoms with E-state index in [-0.39, 0.29) is 23.0 Å². The van der Waals surface area contributed by atoms with Gasteiger partial charge in [-0.25, -0.2) is 9.07 Å². The molecule has 2 amide bonds. The van der Waals surface area contributed by atoms with Crippen molar-refractivity contribution in [3.8, 4) is 5.69 Å². The number of carbonyl (C=O) groups excluding carboxylic acids is 2. The maximum Gasteiger partial charge on any atom is 0.259 e. The summed E-state index contributed by atoms with van der Waals surface area (Å²) in [6.45, 7) is 1.87. The number of anilines is 1. The van der Waals surface area contributed by atoms with E-state index in [9.17, 15) is 14.0 Å². The molecule has 3 aromatic carbocycles. The van der Waals surface area contributed by atoms with E-state index in [4.69, 9.17) is 0 Å². The zero-order valence-corrected chi connectivity index (χ0v) is 17.3. The van der Waals surface area contributed by atoms with Gasteiger partial charge in [-0.3, -0.25) is 9.59 Å². The number of para-hydroxylation sites is 1. The predicted molar refractivity (Wildman–Crippen MR) is 120 cm³/mol. The Labute approximate surface area is 184 Å². The van der Waals surface area contributed by atoms with Crippen molar-refractivity contribution in [3.63, 3.8) is 0 Å². The van der Waals surface area contributed by atoms with Crippen LogP contribution in [0.15, 0.2) is 91.1 Å². The molecule has 6 nitrogen and oxygen atoms in total. The van der Waals surface area contributed by atoms with Crippen molar-refractivity contribution in [3.05, 3.63) is 114 Å². The summed E-state index contributed by atoms with van der Waals surface area (Å²) < 4.78 is 15.6. The SMILES string of the molecule is C[C@H](NC(=O)c1cnn(-c2ccccc2)c1NC(=O)c1ccccc1F)c1ccccc1. The summed E-state index contributed by atoms with van der Waals surface area (Å²) in [5.41, 5.74) is 1.62. The van der Waals surface area contributed by atoms with Gasteiger partial charge in [0.1, 0.15) is 17.2 Å². The van der Waals surface area contributed by atoms with Gasteiger partial charge in [-0.05, 0) is 36.8 Å². The lowest BCUT2D eigenvalue weighted by atomic mass is 10.1. The first-order valence-electron chi connectivity index (χ1n) is 10.1. The molecule has 7 heteroatoms. The van der Waals surface area contributed by atoms with Gasteiger partial charge in [0.25, 0.3) is 11.8 Å². The highest BCUT2D eigenvalue weighted by Crippen LogP contribution is 2.23. The second-order valence-corrected chi connectivity index (χ2v) is 7.19. The molecule has 0 radical (unpaired) electrons. The molecule has 0 aliphatic rings. The van der Waals surface area contributed by atoms with Gasteiger partial charge in [0, 0.05) is 0 Å². The molecule has 160 valence electrons. The lowest BCUT2D eigenvalue weighted by Gasteiger charge is -2.15. The third kappa shape index (κ3) is 4.41. The number of halogens is 1. The fourth-order valence-corrected chi connectivity index (χ4v) is 3.32. The molecule has 2 N–H and O–H groups in total. The van der Waals surface area contributed by atoms with Crippen molar-refractivity contribution >= 4 is 17.6 Å². The monoisotopic (exact) mass is 428 g/mol. The lowest BCUT2D eigenvalue weighted by molar-refractivity contribution is 0.0941. The van der Waals surface area contributed by atoms with Crippen LogP contribution in [0.5, 0.6) is 0 Å². The highest BCUT2D eigenvalue weighted by Gasteiger charge is 2.23. The van der Waals surface area contributed by atoms with Crippen LogP contribution in [0.4, 0.5) is 10.2 Å². The van der Waals surface area contributed by atoms with Crippen LogP contribution in [0.3, 0.4) is 0 Å². The average molecular weight is 428 g/mol. The number of nitrogens with one attached hydrogen (secondary N) is 2. The van der Waals surface area contributed by atoms with Crippen LogP contribution in [0.25, 0.3) is 5.69 Å². The molecule has 1 atom stereocenters. The number of hydrogen-bond donors (Lipinski definition) is 2. The van der Waals surface area contributed by atoms with Crippen LogP contribution in [-0.4, -0.2) is 21.6 Å². The third-order valence-electron chi connectivity index (χ3n) is 5.01. The second-order valence-electron chi connectivity index (χ2n) is 7.19. The summed E-state index contributed by atoms with van der Waals surface area (Å²) in [6.07, 6.45) is 1.39. The van der Waals surface area contributed by atoms with E-state index in [2.05, 4.69) is 15.7 Å². The first-order valence-corrected chi connectivity index (χ1v) is 10.1. The predicted octanol–water partition coefficient (Wildman–Crippen LogP) is 4.75. The molecule has 1 aromatic heterocycles. The highest BCUT2D eigenvalue weighted by atomic mass is 19.1. The maximum absolute atomic E-state index is 14.1. The number of benzene rings is 3. The maximum atomic E-state index is 14.1. The van der Waals surface area contributed by atoms with Crippen LogP contribution in [0.2, 0.25) is 0 Å². The number of nitrogens with zero attached hydrogens (tertiary/aromatic N) is 2. The Kier molecular flexibility index (Phi) is 6.07. The summed E-state index contributed by atoms with van der Waals surface area (Å²) in [5.74, 6) is -1.58. The van der Waals surface area contributed by atoms with E-state index in [1.807, 2.05) is 55.5 Å². The zero-order chi connectivity index (χ0) is 22.5. The van der Waals surface area contributed by atoms with Gasteiger partial charge in [0.2, 0.25) is 0 Å². The Balaban J connectivity index is 1.68. The van der Waals surface area contributed by atoms with Gasteiger partial charge in [-0.15, -0.1) is 0 Å². The Morgan fingerprint density at radius 3 is 2.16 bits per heavy atom. The molecule has 1 heterocycles. The van der Waals surface area contributed by atoms with Gasteiger partial charge in [0.15, 0.2) is 0 Å². The number of carbonyl (C=O) groups is 2. The van der Waals surface area contributed by atoms with E-state index in [0.717, 1.165) is 5.56 Å². The molecule has 0 spiro atoms. The average Bonchev–Trinajstić information content (AvgIpc) is 3.24. The Morgan fingerprint density at radius 2 is 1.47 bits per heavy atom. The molecular formula is C25H21FN4O2. The molecule has 0 bridgehead atoms. The summed E-state index contributed by atoms with van der Waals surface area (Å²) in [7, 11) is 0. The summed E-state index contributed by atoms with van der Waals surface area (Å²) in [5, 5.41) is 9.90. The van der Waals surface area contributed by atoms with Crippen LogP contribution >= 0.6 is 0 Å². The van der Waals surface area contributed by atoms with Gasteiger partial charge in [-0.1, -0.05) is 60.7 Å². The van der Waals surface area contributed by atoms with E-state index in [1.54, 1.807) is 18.2 Å². The van der Waals surface area contributed by atoms with Crippen LogP contribution in [0.1, 0.15) is 39.2 Å². The smallest absolute Gasteiger partial charge is 0.259 e. The topological polar surface area (TPSA) is 76.0 Å². The number of aromatic nitrogens is 2. The van der Waals surface area contributed by atoms with Gasteiger partial charge in [-0.2, -0.15) is 5.10 Å². The minimum absolute atomic E-state index is 0.127. The molecule has 0 saturated heterocycles. The molecule has 4 aromatic rings. The lowest BCUT2D eigenvalue weighted by Crippen LogP contribution is -2.28. The summed E-state index contributed by atoms with van der Waals surface area (Å²) in [6, 6.07) is 24.0. The fraction of sp³-hybridized carbons (Fsp3) is 0.0800. The molecule has 0 unspecified atom stereocenters. The van der Waals surface area contributed by atoms with Crippen LogP contribution < -0.4 is 10.6 Å². The van der Waals surface area contributed by atoms with E-state index in [1.165, 1.54) is 29.1 Å². The van der Waals surface area contributed by atoms with Crippen LogP contribution in [0, 0.1) is 5.82 Å². The summed E-state index contributed by atoms with van der Waals surface area (Å²) >= 11 is 0. The number of hydrogen-bond acceptors (Lipinski definition) is 3. The van der Waals surface area contributed by atoms with Crippen molar-refractivity contribution in [2.75, 3.05) is 5.32 Å². The number of rotatable bonds is 6. The Bertz CT molecular complexity index is 1240. The normalized spacial score (nSPS) is 11.6. The quantitative estimate of drug-likeness (QED) is 0.465. The highest BCUT2D eigenvalue weighted by molar-refractivity contribution is 6.08. The van der Waals surface area contributed by atoms with Crippen molar-refractivity contribution in [1.82, 2.24) is 15.1 Å². The van der Waals surface area contributed by atoms with Crippen molar-refractivity contribution in [2.24, 2.45) is 0 Å². The van der Waals surface area contributed by atoms with E-state index in [0.29, 0.717) is 5.69 Å². The molecule has 0 saturated carbocycles. The third-order valence-corrected chi connectivity index (χ3v) is 5.01.